The van der Waals surface area contributed by atoms with Crippen molar-refractivity contribution in [1.29, 1.82) is 0 Å². The molecule has 0 aromatic heterocycles. The molecule has 1 aliphatic carbocycles. The minimum absolute atomic E-state index is 0.129. The van der Waals surface area contributed by atoms with Gasteiger partial charge in [0.05, 0.1) is 24.9 Å². The van der Waals surface area contributed by atoms with Gasteiger partial charge < -0.3 is 14.6 Å². The minimum Gasteiger partial charge on any atom is -0.497 e. The zero-order valence-electron chi connectivity index (χ0n) is 19.0. The second kappa shape index (κ2) is 8.92. The van der Waals surface area contributed by atoms with E-state index < -0.39 is 0 Å². The molecular weight excluding hydrogens is 424 g/mol. The third-order valence-electron chi connectivity index (χ3n) is 7.91. The van der Waals surface area contributed by atoms with Gasteiger partial charge >= 0.3 is 0 Å². The molecule has 2 aliphatic rings. The Morgan fingerprint density at radius 3 is 1.84 bits per heavy atom. The van der Waals surface area contributed by atoms with Crippen LogP contribution >= 0.6 is 23.5 Å². The maximum absolute atomic E-state index is 11.1. The van der Waals surface area contributed by atoms with Crippen molar-refractivity contribution in [3.8, 4) is 11.5 Å². The molecule has 1 spiro atoms. The fourth-order valence-corrected chi connectivity index (χ4v) is 10.1. The molecule has 0 amide bonds. The van der Waals surface area contributed by atoms with Crippen molar-refractivity contribution in [3.05, 3.63) is 59.7 Å². The van der Waals surface area contributed by atoms with Gasteiger partial charge in [0.15, 0.2) is 0 Å². The van der Waals surface area contributed by atoms with Gasteiger partial charge in [-0.2, -0.15) is 0 Å². The summed E-state index contributed by atoms with van der Waals surface area (Å²) < 4.78 is 11.1. The van der Waals surface area contributed by atoms with Gasteiger partial charge in [0.25, 0.3) is 0 Å². The Balaban J connectivity index is 1.93. The Hall–Kier alpha value is -1.30. The lowest BCUT2D eigenvalue weighted by Crippen LogP contribution is -2.62. The molecule has 2 aromatic rings. The van der Waals surface area contributed by atoms with Gasteiger partial charge in [-0.1, -0.05) is 44.5 Å². The lowest BCUT2D eigenvalue weighted by molar-refractivity contribution is 0.0278. The first-order chi connectivity index (χ1) is 15.0. The molecule has 3 atom stereocenters. The summed E-state index contributed by atoms with van der Waals surface area (Å²) in [6.45, 7) is 4.86. The second-order valence-corrected chi connectivity index (χ2v) is 12.0. The molecule has 3 nitrogen and oxygen atoms in total. The maximum atomic E-state index is 11.1. The molecule has 0 bridgehead atoms. The number of methoxy groups -OCH3 is 2. The van der Waals surface area contributed by atoms with Gasteiger partial charge in [-0.15, -0.1) is 23.5 Å². The van der Waals surface area contributed by atoms with Crippen molar-refractivity contribution in [3.63, 3.8) is 0 Å². The van der Waals surface area contributed by atoms with Gasteiger partial charge in [0.2, 0.25) is 0 Å². The van der Waals surface area contributed by atoms with E-state index in [2.05, 4.69) is 73.8 Å². The topological polar surface area (TPSA) is 38.7 Å². The maximum Gasteiger partial charge on any atom is 0.118 e. The van der Waals surface area contributed by atoms with E-state index in [-0.39, 0.29) is 21.5 Å². The summed E-state index contributed by atoms with van der Waals surface area (Å²) in [7, 11) is 3.41. The van der Waals surface area contributed by atoms with Gasteiger partial charge in [-0.25, -0.2) is 0 Å². The third-order valence-corrected chi connectivity index (χ3v) is 11.6. The monoisotopic (exact) mass is 458 g/mol. The molecule has 5 heteroatoms. The highest BCUT2D eigenvalue weighted by molar-refractivity contribution is 8.21. The first kappa shape index (κ1) is 22.9. The van der Waals surface area contributed by atoms with E-state index >= 15 is 0 Å². The number of aliphatic hydroxyl groups is 1. The Bertz CT molecular complexity index is 877. The summed E-state index contributed by atoms with van der Waals surface area (Å²) in [5.74, 6) is 4.59. The SMILES string of the molecule is CCC1C2(CCC(CO)(c3ccc(OC)cc3)C1(C)c1ccc(OC)cc1)SCCS2. The van der Waals surface area contributed by atoms with Crippen LogP contribution in [0.5, 0.6) is 11.5 Å². The Labute approximate surface area is 195 Å². The third kappa shape index (κ3) is 3.48. The normalized spacial score (nSPS) is 29.8. The lowest BCUT2D eigenvalue weighted by atomic mass is 9.47. The predicted molar refractivity (Wildman–Crippen MR) is 133 cm³/mol. The fraction of sp³-hybridized carbons (Fsp3) is 0.538. The molecule has 4 rings (SSSR count). The molecule has 2 aromatic carbocycles. The fourth-order valence-electron chi connectivity index (χ4n) is 6.23. The molecule has 1 saturated carbocycles. The first-order valence-electron chi connectivity index (χ1n) is 11.2. The van der Waals surface area contributed by atoms with Crippen molar-refractivity contribution in [1.82, 2.24) is 0 Å². The summed E-state index contributed by atoms with van der Waals surface area (Å²) >= 11 is 4.30. The molecule has 3 unspecified atom stereocenters. The van der Waals surface area contributed by atoms with Crippen LogP contribution in [0.25, 0.3) is 0 Å². The van der Waals surface area contributed by atoms with Gasteiger partial charge in [-0.05, 0) is 54.2 Å². The molecule has 2 fully saturated rings. The van der Waals surface area contributed by atoms with Crippen molar-refractivity contribution in [2.45, 2.75) is 48.0 Å². The lowest BCUT2D eigenvalue weighted by Gasteiger charge is -2.61. The van der Waals surface area contributed by atoms with Crippen LogP contribution in [0.2, 0.25) is 0 Å². The number of ether oxygens (including phenoxy) is 2. The van der Waals surface area contributed by atoms with E-state index in [1.54, 1.807) is 14.2 Å². The molecule has 1 N–H and O–H groups in total. The second-order valence-electron chi connectivity index (χ2n) is 8.87. The highest BCUT2D eigenvalue weighted by Crippen LogP contribution is 2.67. The van der Waals surface area contributed by atoms with E-state index in [1.807, 2.05) is 12.1 Å². The zero-order valence-corrected chi connectivity index (χ0v) is 20.7. The van der Waals surface area contributed by atoms with Crippen LogP contribution in [-0.2, 0) is 10.8 Å². The van der Waals surface area contributed by atoms with Crippen LogP contribution in [0.15, 0.2) is 48.5 Å². The van der Waals surface area contributed by atoms with E-state index in [9.17, 15) is 5.11 Å². The minimum atomic E-state index is -0.358. The highest BCUT2D eigenvalue weighted by Gasteiger charge is 2.63. The molecule has 168 valence electrons. The average Bonchev–Trinajstić information content (AvgIpc) is 3.29. The predicted octanol–water partition coefficient (Wildman–Crippen LogP) is 5.89. The van der Waals surface area contributed by atoms with E-state index in [0.717, 1.165) is 30.8 Å². The molecule has 1 heterocycles. The number of hydrogen-bond acceptors (Lipinski definition) is 5. The highest BCUT2D eigenvalue weighted by atomic mass is 32.2. The molecule has 0 radical (unpaired) electrons. The Kier molecular flexibility index (Phi) is 6.58. The summed E-state index contributed by atoms with van der Waals surface area (Å²) in [6.07, 6.45) is 3.18. The van der Waals surface area contributed by atoms with Crippen LogP contribution in [-0.4, -0.2) is 41.5 Å². The van der Waals surface area contributed by atoms with Crippen LogP contribution in [0.1, 0.15) is 44.2 Å². The summed E-state index contributed by atoms with van der Waals surface area (Å²) in [4.78, 5) is 0. The Morgan fingerprint density at radius 2 is 1.39 bits per heavy atom. The molecular formula is C26H34O3S2. The van der Waals surface area contributed by atoms with Crippen molar-refractivity contribution in [2.75, 3.05) is 32.3 Å². The van der Waals surface area contributed by atoms with E-state index in [4.69, 9.17) is 9.47 Å². The zero-order chi connectivity index (χ0) is 22.1. The van der Waals surface area contributed by atoms with Crippen LogP contribution in [0.3, 0.4) is 0 Å². The van der Waals surface area contributed by atoms with Crippen LogP contribution in [0, 0.1) is 5.92 Å². The van der Waals surface area contributed by atoms with E-state index in [1.165, 1.54) is 22.6 Å². The number of benzene rings is 2. The Morgan fingerprint density at radius 1 is 0.871 bits per heavy atom. The van der Waals surface area contributed by atoms with Crippen LogP contribution in [0.4, 0.5) is 0 Å². The summed E-state index contributed by atoms with van der Waals surface area (Å²) in [5, 5.41) is 11.1. The van der Waals surface area contributed by atoms with Gasteiger partial charge in [-0.3, -0.25) is 0 Å². The number of aliphatic hydroxyl groups excluding tert-OH is 1. The quantitative estimate of drug-likeness (QED) is 0.584. The first-order valence-corrected chi connectivity index (χ1v) is 13.1. The molecule has 31 heavy (non-hydrogen) atoms. The largest absolute Gasteiger partial charge is 0.497 e. The number of hydrogen-bond donors (Lipinski definition) is 1. The average molecular weight is 459 g/mol. The molecule has 1 saturated heterocycles. The standard InChI is InChI=1S/C26H34O3S2/c1-5-23-24(2,19-6-10-21(28-3)11-7-19)25(18-27,14-15-26(23)30-16-17-31-26)20-8-12-22(29-4)13-9-20/h6-13,23,27H,5,14-18H2,1-4H3. The van der Waals surface area contributed by atoms with E-state index in [0.29, 0.717) is 5.92 Å². The number of rotatable bonds is 6. The summed E-state index contributed by atoms with van der Waals surface area (Å²) in [5.41, 5.74) is 1.91. The smallest absolute Gasteiger partial charge is 0.118 e. The van der Waals surface area contributed by atoms with Crippen molar-refractivity contribution >= 4 is 23.5 Å². The molecule has 1 aliphatic heterocycles. The van der Waals surface area contributed by atoms with Crippen molar-refractivity contribution < 1.29 is 14.6 Å². The van der Waals surface area contributed by atoms with Gasteiger partial charge in [0, 0.05) is 22.3 Å². The van der Waals surface area contributed by atoms with Crippen molar-refractivity contribution in [2.24, 2.45) is 5.92 Å². The van der Waals surface area contributed by atoms with Crippen LogP contribution < -0.4 is 9.47 Å². The van der Waals surface area contributed by atoms with Gasteiger partial charge in [0.1, 0.15) is 11.5 Å². The number of thioether (sulfide) groups is 2. The summed E-state index contributed by atoms with van der Waals surface area (Å²) in [6, 6.07) is 17.0.